The summed E-state index contributed by atoms with van der Waals surface area (Å²) >= 11 is 0. The van der Waals surface area contributed by atoms with Crippen LogP contribution in [0.1, 0.15) is 11.1 Å². The predicted octanol–water partition coefficient (Wildman–Crippen LogP) is 2.76. The number of pyridine rings is 1. The molecule has 0 spiro atoms. The van der Waals surface area contributed by atoms with E-state index in [1.54, 1.807) is 7.11 Å². The van der Waals surface area contributed by atoms with Crippen LogP contribution >= 0.6 is 0 Å². The molecule has 2 aromatic rings. The summed E-state index contributed by atoms with van der Waals surface area (Å²) in [5.41, 5.74) is 3.96. The topological polar surface area (TPSA) is 28.6 Å². The maximum Gasteiger partial charge on any atom is 0.118 e. The second-order valence-corrected chi connectivity index (χ2v) is 6.09. The quantitative estimate of drug-likeness (QED) is 0.849. The minimum atomic E-state index is 0.926. The fourth-order valence-electron chi connectivity index (χ4n) is 3.11. The van der Waals surface area contributed by atoms with E-state index in [9.17, 15) is 0 Å². The number of nitrogens with zero attached hydrogens (tertiary/aromatic N) is 3. The van der Waals surface area contributed by atoms with Crippen molar-refractivity contribution in [3.05, 3.63) is 53.9 Å². The molecule has 0 unspecified atom stereocenters. The fourth-order valence-corrected chi connectivity index (χ4v) is 3.11. The average molecular weight is 311 g/mol. The van der Waals surface area contributed by atoms with E-state index in [0.717, 1.165) is 44.9 Å². The minimum Gasteiger partial charge on any atom is -0.497 e. The van der Waals surface area contributed by atoms with Gasteiger partial charge < -0.3 is 9.64 Å². The standard InChI is InChI=1S/C19H25N3O/c1-16-15-20-9-7-19(16)22-13-11-21(12-14-22)10-8-17-3-5-18(23-2)6-4-17/h3-7,9,15H,8,10-14H2,1-2H3. The molecule has 4 heteroatoms. The molecule has 1 aliphatic heterocycles. The summed E-state index contributed by atoms with van der Waals surface area (Å²) in [5, 5.41) is 0. The van der Waals surface area contributed by atoms with Crippen molar-refractivity contribution in [2.75, 3.05) is 44.7 Å². The molecule has 4 nitrogen and oxygen atoms in total. The van der Waals surface area contributed by atoms with Gasteiger partial charge in [0.15, 0.2) is 0 Å². The van der Waals surface area contributed by atoms with Gasteiger partial charge in [0.2, 0.25) is 0 Å². The Bertz CT molecular complexity index is 619. The van der Waals surface area contributed by atoms with Gasteiger partial charge in [-0.25, -0.2) is 0 Å². The average Bonchev–Trinajstić information content (AvgIpc) is 2.61. The van der Waals surface area contributed by atoms with Crippen molar-refractivity contribution in [3.8, 4) is 5.75 Å². The van der Waals surface area contributed by atoms with E-state index in [1.807, 2.05) is 24.5 Å². The van der Waals surface area contributed by atoms with E-state index in [4.69, 9.17) is 4.74 Å². The molecule has 122 valence electrons. The van der Waals surface area contributed by atoms with Gasteiger partial charge in [0.1, 0.15) is 5.75 Å². The molecule has 1 fully saturated rings. The Kier molecular flexibility index (Phi) is 5.13. The number of aromatic nitrogens is 1. The smallest absolute Gasteiger partial charge is 0.118 e. The zero-order valence-electron chi connectivity index (χ0n) is 14.0. The van der Waals surface area contributed by atoms with E-state index in [1.165, 1.54) is 16.8 Å². The molecular formula is C19H25N3O. The van der Waals surface area contributed by atoms with Crippen molar-refractivity contribution < 1.29 is 4.74 Å². The first kappa shape index (κ1) is 15.8. The molecule has 0 N–H and O–H groups in total. The summed E-state index contributed by atoms with van der Waals surface area (Å²) in [5.74, 6) is 0.926. The highest BCUT2D eigenvalue weighted by atomic mass is 16.5. The van der Waals surface area contributed by atoms with Crippen LogP contribution < -0.4 is 9.64 Å². The normalized spacial score (nSPS) is 15.7. The summed E-state index contributed by atoms with van der Waals surface area (Å²) in [6.07, 6.45) is 4.93. The third-order valence-electron chi connectivity index (χ3n) is 4.58. The monoisotopic (exact) mass is 311 g/mol. The molecule has 0 atom stereocenters. The Balaban J connectivity index is 1.48. The number of hydrogen-bond acceptors (Lipinski definition) is 4. The highest BCUT2D eigenvalue weighted by molar-refractivity contribution is 5.51. The zero-order valence-corrected chi connectivity index (χ0v) is 14.0. The molecule has 23 heavy (non-hydrogen) atoms. The maximum absolute atomic E-state index is 5.21. The van der Waals surface area contributed by atoms with Crippen LogP contribution in [-0.4, -0.2) is 49.7 Å². The lowest BCUT2D eigenvalue weighted by molar-refractivity contribution is 0.261. The van der Waals surface area contributed by atoms with Crippen LogP contribution in [0.25, 0.3) is 0 Å². The lowest BCUT2D eigenvalue weighted by Gasteiger charge is -2.36. The van der Waals surface area contributed by atoms with Crippen molar-refractivity contribution in [2.45, 2.75) is 13.3 Å². The van der Waals surface area contributed by atoms with Crippen molar-refractivity contribution in [3.63, 3.8) is 0 Å². The molecule has 1 aromatic carbocycles. The molecule has 1 aliphatic rings. The number of aryl methyl sites for hydroxylation is 1. The maximum atomic E-state index is 5.21. The summed E-state index contributed by atoms with van der Waals surface area (Å²) < 4.78 is 5.21. The number of rotatable bonds is 5. The molecule has 3 rings (SSSR count). The van der Waals surface area contributed by atoms with Gasteiger partial charge in [0.05, 0.1) is 7.11 Å². The van der Waals surface area contributed by atoms with Gasteiger partial charge in [-0.15, -0.1) is 0 Å². The van der Waals surface area contributed by atoms with E-state index >= 15 is 0 Å². The van der Waals surface area contributed by atoms with Crippen LogP contribution in [0, 0.1) is 6.92 Å². The van der Waals surface area contributed by atoms with Gasteiger partial charge in [-0.2, -0.15) is 0 Å². The van der Waals surface area contributed by atoms with Crippen molar-refractivity contribution in [2.24, 2.45) is 0 Å². The Labute approximate surface area is 138 Å². The Morgan fingerprint density at radius 1 is 1.04 bits per heavy atom. The molecule has 1 aromatic heterocycles. The van der Waals surface area contributed by atoms with Crippen LogP contribution in [-0.2, 0) is 6.42 Å². The largest absolute Gasteiger partial charge is 0.497 e. The highest BCUT2D eigenvalue weighted by Gasteiger charge is 2.18. The zero-order chi connectivity index (χ0) is 16.1. The minimum absolute atomic E-state index is 0.926. The first-order valence-corrected chi connectivity index (χ1v) is 8.27. The van der Waals surface area contributed by atoms with Gasteiger partial charge in [-0.3, -0.25) is 9.88 Å². The van der Waals surface area contributed by atoms with Gasteiger partial charge >= 0.3 is 0 Å². The summed E-state index contributed by atoms with van der Waals surface area (Å²) in [4.78, 5) is 9.21. The molecule has 0 aliphatic carbocycles. The van der Waals surface area contributed by atoms with E-state index < -0.39 is 0 Å². The lowest BCUT2D eigenvalue weighted by atomic mass is 10.1. The summed E-state index contributed by atoms with van der Waals surface area (Å²) in [6.45, 7) is 7.69. The third kappa shape index (κ3) is 4.02. The van der Waals surface area contributed by atoms with Crippen molar-refractivity contribution in [1.82, 2.24) is 9.88 Å². The second kappa shape index (κ2) is 7.47. The van der Waals surface area contributed by atoms with Crippen molar-refractivity contribution in [1.29, 1.82) is 0 Å². The molecule has 1 saturated heterocycles. The SMILES string of the molecule is COc1ccc(CCN2CCN(c3ccncc3C)CC2)cc1. The Hall–Kier alpha value is -2.07. The van der Waals surface area contributed by atoms with Gasteiger partial charge in [-0.05, 0) is 42.7 Å². The number of hydrogen-bond donors (Lipinski definition) is 0. The summed E-state index contributed by atoms with van der Waals surface area (Å²) in [6, 6.07) is 10.5. The number of anilines is 1. The number of piperazine rings is 1. The highest BCUT2D eigenvalue weighted by Crippen LogP contribution is 2.20. The first-order valence-electron chi connectivity index (χ1n) is 8.27. The molecular weight excluding hydrogens is 286 g/mol. The third-order valence-corrected chi connectivity index (χ3v) is 4.58. The molecule has 0 radical (unpaired) electrons. The van der Waals surface area contributed by atoms with Crippen LogP contribution in [0.2, 0.25) is 0 Å². The molecule has 0 bridgehead atoms. The number of methoxy groups -OCH3 is 1. The Morgan fingerprint density at radius 3 is 2.43 bits per heavy atom. The van der Waals surface area contributed by atoms with E-state index in [-0.39, 0.29) is 0 Å². The Morgan fingerprint density at radius 2 is 1.78 bits per heavy atom. The van der Waals surface area contributed by atoms with E-state index in [0.29, 0.717) is 0 Å². The first-order chi connectivity index (χ1) is 11.3. The molecule has 0 saturated carbocycles. The number of ether oxygens (including phenoxy) is 1. The van der Waals surface area contributed by atoms with Crippen molar-refractivity contribution >= 4 is 5.69 Å². The fraction of sp³-hybridized carbons (Fsp3) is 0.421. The summed E-state index contributed by atoms with van der Waals surface area (Å²) in [7, 11) is 1.71. The van der Waals surface area contributed by atoms with Crippen LogP contribution in [0.3, 0.4) is 0 Å². The van der Waals surface area contributed by atoms with Crippen LogP contribution in [0.4, 0.5) is 5.69 Å². The van der Waals surface area contributed by atoms with E-state index in [2.05, 4.69) is 39.9 Å². The van der Waals surface area contributed by atoms with Gasteiger partial charge in [0, 0.05) is 50.8 Å². The molecule has 0 amide bonds. The predicted molar refractivity (Wildman–Crippen MR) is 94.3 cm³/mol. The molecule has 2 heterocycles. The number of benzene rings is 1. The second-order valence-electron chi connectivity index (χ2n) is 6.09. The lowest BCUT2D eigenvalue weighted by Crippen LogP contribution is -2.47. The van der Waals surface area contributed by atoms with Crippen LogP contribution in [0.15, 0.2) is 42.7 Å². The van der Waals surface area contributed by atoms with Gasteiger partial charge in [-0.1, -0.05) is 12.1 Å². The van der Waals surface area contributed by atoms with Crippen LogP contribution in [0.5, 0.6) is 5.75 Å². The van der Waals surface area contributed by atoms with Gasteiger partial charge in [0.25, 0.3) is 0 Å².